The summed E-state index contributed by atoms with van der Waals surface area (Å²) < 4.78 is 1.90. The maximum absolute atomic E-state index is 11.2. The molecule has 5 heteroatoms. The van der Waals surface area contributed by atoms with Gasteiger partial charge in [0, 0.05) is 5.75 Å². The number of para-hydroxylation sites is 2. The molecule has 0 radical (unpaired) electrons. The van der Waals surface area contributed by atoms with E-state index in [1.165, 1.54) is 0 Å². The Morgan fingerprint density at radius 3 is 2.94 bits per heavy atom. The van der Waals surface area contributed by atoms with Crippen LogP contribution in [0.1, 0.15) is 19.8 Å². The lowest BCUT2D eigenvalue weighted by Crippen LogP contribution is -2.19. The lowest BCUT2D eigenvalue weighted by Gasteiger charge is -2.05. The van der Waals surface area contributed by atoms with E-state index in [4.69, 9.17) is 5.73 Å². The maximum atomic E-state index is 11.2. The Bertz CT molecular complexity index is 550. The third kappa shape index (κ3) is 2.85. The molecule has 1 heterocycles. The smallest absolute Gasteiger partial charge is 0.237 e. The number of hydrogen-bond donors (Lipinski definition) is 1. The van der Waals surface area contributed by atoms with E-state index in [9.17, 15) is 4.79 Å². The molecule has 2 N–H and O–H groups in total. The molecule has 0 aliphatic carbocycles. The quantitative estimate of drug-likeness (QED) is 0.643. The van der Waals surface area contributed by atoms with Gasteiger partial charge in [-0.1, -0.05) is 37.2 Å². The van der Waals surface area contributed by atoms with Gasteiger partial charge in [0.15, 0.2) is 5.16 Å². The van der Waals surface area contributed by atoms with Crippen LogP contribution in [0.25, 0.3) is 11.0 Å². The van der Waals surface area contributed by atoms with Gasteiger partial charge in [0.05, 0.1) is 11.0 Å². The van der Waals surface area contributed by atoms with Crippen LogP contribution < -0.4 is 5.73 Å². The van der Waals surface area contributed by atoms with E-state index in [-0.39, 0.29) is 12.5 Å². The number of rotatable bonds is 6. The van der Waals surface area contributed by atoms with E-state index >= 15 is 0 Å². The van der Waals surface area contributed by atoms with Gasteiger partial charge in [-0.3, -0.25) is 4.79 Å². The van der Waals surface area contributed by atoms with Crippen molar-refractivity contribution in [3.63, 3.8) is 0 Å². The molecule has 0 atom stereocenters. The SMILES string of the molecule is CCCCSc1nc2ccccc2n1CC(N)=O. The number of carbonyl (C=O) groups is 1. The van der Waals surface area contributed by atoms with Crippen LogP contribution in [0, 0.1) is 0 Å². The van der Waals surface area contributed by atoms with E-state index in [0.717, 1.165) is 34.8 Å². The second-order valence-electron chi connectivity index (χ2n) is 4.14. The minimum atomic E-state index is -0.338. The normalized spacial score (nSPS) is 10.9. The number of aromatic nitrogens is 2. The molecule has 1 aromatic heterocycles. The van der Waals surface area contributed by atoms with E-state index in [0.29, 0.717) is 0 Å². The molecule has 0 aliphatic heterocycles. The van der Waals surface area contributed by atoms with Crippen LogP contribution in [0.3, 0.4) is 0 Å². The monoisotopic (exact) mass is 263 g/mol. The summed E-state index contributed by atoms with van der Waals surface area (Å²) in [5.74, 6) is 0.675. The highest BCUT2D eigenvalue weighted by molar-refractivity contribution is 7.99. The van der Waals surface area contributed by atoms with Gasteiger partial charge in [-0.25, -0.2) is 4.98 Å². The minimum absolute atomic E-state index is 0.189. The molecule has 96 valence electrons. The van der Waals surface area contributed by atoms with Crippen molar-refractivity contribution in [2.24, 2.45) is 5.73 Å². The molecule has 0 unspecified atom stereocenters. The lowest BCUT2D eigenvalue weighted by molar-refractivity contribution is -0.118. The zero-order valence-electron chi connectivity index (χ0n) is 10.4. The van der Waals surface area contributed by atoms with Gasteiger partial charge in [0.2, 0.25) is 5.91 Å². The van der Waals surface area contributed by atoms with Crippen molar-refractivity contribution in [2.75, 3.05) is 5.75 Å². The van der Waals surface area contributed by atoms with Gasteiger partial charge in [0.25, 0.3) is 0 Å². The highest BCUT2D eigenvalue weighted by Gasteiger charge is 2.12. The van der Waals surface area contributed by atoms with Gasteiger partial charge in [-0.15, -0.1) is 0 Å². The third-order valence-electron chi connectivity index (χ3n) is 2.66. The molecule has 1 amide bonds. The fraction of sp³-hybridized carbons (Fsp3) is 0.385. The molecule has 0 aliphatic rings. The summed E-state index contributed by atoms with van der Waals surface area (Å²) in [5, 5.41) is 0.878. The standard InChI is InChI=1S/C13H17N3OS/c1-2-3-8-18-13-15-10-6-4-5-7-11(10)16(13)9-12(14)17/h4-7H,2-3,8-9H2,1H3,(H2,14,17). The molecule has 4 nitrogen and oxygen atoms in total. The zero-order valence-corrected chi connectivity index (χ0v) is 11.2. The second kappa shape index (κ2) is 5.91. The number of hydrogen-bond acceptors (Lipinski definition) is 3. The molecular weight excluding hydrogens is 246 g/mol. The Kier molecular flexibility index (Phi) is 4.25. The van der Waals surface area contributed by atoms with Crippen LogP contribution in [0.15, 0.2) is 29.4 Å². The summed E-state index contributed by atoms with van der Waals surface area (Å²) in [6.45, 7) is 2.35. The van der Waals surface area contributed by atoms with Crippen LogP contribution in [-0.2, 0) is 11.3 Å². The average molecular weight is 263 g/mol. The number of carbonyl (C=O) groups excluding carboxylic acids is 1. The van der Waals surface area contributed by atoms with E-state index in [2.05, 4.69) is 11.9 Å². The van der Waals surface area contributed by atoms with Crippen LogP contribution in [-0.4, -0.2) is 21.2 Å². The molecule has 0 spiro atoms. The number of fused-ring (bicyclic) bond motifs is 1. The van der Waals surface area contributed by atoms with Crippen molar-refractivity contribution in [3.05, 3.63) is 24.3 Å². The predicted octanol–water partition coefficient (Wildman–Crippen LogP) is 2.41. The molecule has 2 rings (SSSR count). The largest absolute Gasteiger partial charge is 0.368 e. The summed E-state index contributed by atoms with van der Waals surface area (Å²) in [7, 11) is 0. The first-order chi connectivity index (χ1) is 8.72. The first-order valence-electron chi connectivity index (χ1n) is 6.08. The van der Waals surface area contributed by atoms with Gasteiger partial charge in [0.1, 0.15) is 6.54 Å². The van der Waals surface area contributed by atoms with E-state index in [1.54, 1.807) is 11.8 Å². The summed E-state index contributed by atoms with van der Waals surface area (Å²) >= 11 is 1.68. The van der Waals surface area contributed by atoms with Crippen molar-refractivity contribution in [1.29, 1.82) is 0 Å². The van der Waals surface area contributed by atoms with E-state index in [1.807, 2.05) is 28.8 Å². The summed E-state index contributed by atoms with van der Waals surface area (Å²) in [5.41, 5.74) is 7.18. The number of nitrogens with zero attached hydrogens (tertiary/aromatic N) is 2. The highest BCUT2D eigenvalue weighted by Crippen LogP contribution is 2.24. The Hall–Kier alpha value is -1.49. The summed E-state index contributed by atoms with van der Waals surface area (Å²) in [6.07, 6.45) is 2.30. The number of nitrogens with two attached hydrogens (primary N) is 1. The molecule has 0 fully saturated rings. The maximum Gasteiger partial charge on any atom is 0.237 e. The molecule has 1 aromatic carbocycles. The molecule has 0 saturated heterocycles. The number of thioether (sulfide) groups is 1. The summed E-state index contributed by atoms with van der Waals surface area (Å²) in [4.78, 5) is 15.7. The molecule has 2 aromatic rings. The molecule has 0 bridgehead atoms. The first kappa shape index (κ1) is 13.0. The fourth-order valence-corrected chi connectivity index (χ4v) is 2.88. The molecular formula is C13H17N3OS. The Morgan fingerprint density at radius 2 is 2.22 bits per heavy atom. The number of unbranched alkanes of at least 4 members (excludes halogenated alkanes) is 1. The van der Waals surface area contributed by atoms with Crippen molar-refractivity contribution in [3.8, 4) is 0 Å². The topological polar surface area (TPSA) is 60.9 Å². The minimum Gasteiger partial charge on any atom is -0.368 e. The van der Waals surface area contributed by atoms with Crippen molar-refractivity contribution in [1.82, 2.24) is 9.55 Å². The average Bonchev–Trinajstić information content (AvgIpc) is 2.68. The third-order valence-corrected chi connectivity index (χ3v) is 3.73. The van der Waals surface area contributed by atoms with Gasteiger partial charge < -0.3 is 10.3 Å². The van der Waals surface area contributed by atoms with Crippen LogP contribution in [0.5, 0.6) is 0 Å². The number of amides is 1. The fourth-order valence-electron chi connectivity index (χ4n) is 1.78. The predicted molar refractivity (Wildman–Crippen MR) is 74.6 cm³/mol. The van der Waals surface area contributed by atoms with Crippen molar-refractivity contribution >= 4 is 28.7 Å². The number of imidazole rings is 1. The Morgan fingerprint density at radius 1 is 1.44 bits per heavy atom. The highest BCUT2D eigenvalue weighted by atomic mass is 32.2. The number of benzene rings is 1. The van der Waals surface area contributed by atoms with Gasteiger partial charge in [-0.05, 0) is 18.6 Å². The second-order valence-corrected chi connectivity index (χ2v) is 5.20. The van der Waals surface area contributed by atoms with Gasteiger partial charge >= 0.3 is 0 Å². The number of primary amides is 1. The van der Waals surface area contributed by atoms with Gasteiger partial charge in [-0.2, -0.15) is 0 Å². The molecule has 18 heavy (non-hydrogen) atoms. The zero-order chi connectivity index (χ0) is 13.0. The van der Waals surface area contributed by atoms with Crippen molar-refractivity contribution in [2.45, 2.75) is 31.5 Å². The Labute approximate surface area is 111 Å². The van der Waals surface area contributed by atoms with Crippen LogP contribution >= 0.6 is 11.8 Å². The summed E-state index contributed by atoms with van der Waals surface area (Å²) in [6, 6.07) is 7.82. The van der Waals surface area contributed by atoms with Crippen LogP contribution in [0.4, 0.5) is 0 Å². The van der Waals surface area contributed by atoms with Crippen LogP contribution in [0.2, 0.25) is 0 Å². The van der Waals surface area contributed by atoms with E-state index < -0.39 is 0 Å². The lowest BCUT2D eigenvalue weighted by atomic mass is 10.3. The Balaban J connectivity index is 2.33. The molecule has 0 saturated carbocycles. The first-order valence-corrected chi connectivity index (χ1v) is 7.07. The van der Waals surface area contributed by atoms with Crippen molar-refractivity contribution < 1.29 is 4.79 Å².